The predicted molar refractivity (Wildman–Crippen MR) is 132 cm³/mol. The van der Waals surface area contributed by atoms with E-state index in [2.05, 4.69) is 6.07 Å². The fourth-order valence-electron chi connectivity index (χ4n) is 4.88. The summed E-state index contributed by atoms with van der Waals surface area (Å²) in [5.74, 6) is 0.277. The number of rotatable bonds is 4. The highest BCUT2D eigenvalue weighted by Gasteiger charge is 2.39. The Bertz CT molecular complexity index is 1450. The molecule has 33 heavy (non-hydrogen) atoms. The number of carbonyl (C=O) groups excluding carboxylic acids is 1. The fraction of sp³-hybridized carbons (Fsp3) is 0.250. The van der Waals surface area contributed by atoms with Crippen LogP contribution < -0.4 is 10.5 Å². The summed E-state index contributed by atoms with van der Waals surface area (Å²) in [6.07, 6.45) is 0.354. The highest BCUT2D eigenvalue weighted by atomic mass is 16.2. The highest BCUT2D eigenvalue weighted by molar-refractivity contribution is 6.05. The number of aryl methyl sites for hydroxylation is 2. The molecule has 4 aromatic rings. The molecule has 5 nitrogen and oxygen atoms in total. The van der Waals surface area contributed by atoms with Gasteiger partial charge in [0.1, 0.15) is 5.82 Å². The molecular weight excluding hydrogens is 410 g/mol. The highest BCUT2D eigenvalue weighted by Crippen LogP contribution is 2.41. The Kier molecular flexibility index (Phi) is 5.12. The Hall–Kier alpha value is -3.73. The molecule has 1 aromatic heterocycles. The molecule has 0 aliphatic carbocycles. The van der Waals surface area contributed by atoms with Gasteiger partial charge in [-0.3, -0.25) is 14.2 Å². The molecule has 166 valence electrons. The first-order valence-electron chi connectivity index (χ1n) is 11.4. The third-order valence-electron chi connectivity index (χ3n) is 6.46. The number of amides is 1. The first-order chi connectivity index (χ1) is 15.9. The number of hydrogen-bond acceptors (Lipinski definition) is 3. The van der Waals surface area contributed by atoms with Crippen molar-refractivity contribution in [3.63, 3.8) is 0 Å². The third-order valence-corrected chi connectivity index (χ3v) is 6.46. The summed E-state index contributed by atoms with van der Waals surface area (Å²) < 4.78 is 1.69. The Morgan fingerprint density at radius 1 is 0.909 bits per heavy atom. The van der Waals surface area contributed by atoms with Crippen LogP contribution in [0.2, 0.25) is 0 Å². The molecule has 1 aliphatic rings. The number of anilines is 1. The molecule has 3 aromatic carbocycles. The van der Waals surface area contributed by atoms with Gasteiger partial charge in [-0.2, -0.15) is 0 Å². The summed E-state index contributed by atoms with van der Waals surface area (Å²) in [7, 11) is 0. The zero-order chi connectivity index (χ0) is 23.3. The number of nitrogens with zero attached hydrogens (tertiary/aromatic N) is 3. The van der Waals surface area contributed by atoms with Crippen LogP contribution in [-0.4, -0.2) is 21.5 Å². The van der Waals surface area contributed by atoms with Crippen molar-refractivity contribution in [3.8, 4) is 5.69 Å². The third kappa shape index (κ3) is 3.44. The van der Waals surface area contributed by atoms with Crippen molar-refractivity contribution in [2.24, 2.45) is 0 Å². The normalized spacial score (nSPS) is 15.5. The average Bonchev–Trinajstić information content (AvgIpc) is 3.06. The minimum atomic E-state index is -0.384. The van der Waals surface area contributed by atoms with Gasteiger partial charge in [-0.05, 0) is 63.1 Å². The van der Waals surface area contributed by atoms with Crippen LogP contribution in [-0.2, 0) is 11.2 Å². The lowest BCUT2D eigenvalue weighted by Crippen LogP contribution is -2.36. The van der Waals surface area contributed by atoms with Gasteiger partial charge in [0.2, 0.25) is 5.91 Å². The molecule has 5 heteroatoms. The minimum Gasteiger partial charge on any atom is -0.309 e. The summed E-state index contributed by atoms with van der Waals surface area (Å²) in [4.78, 5) is 34.0. The molecule has 0 N–H and O–H groups in total. The molecule has 0 unspecified atom stereocenters. The summed E-state index contributed by atoms with van der Waals surface area (Å²) in [6.45, 7) is 8.08. The maximum absolute atomic E-state index is 13.7. The predicted octanol–water partition coefficient (Wildman–Crippen LogP) is 5.08. The molecule has 1 aliphatic heterocycles. The molecule has 0 saturated heterocycles. The van der Waals surface area contributed by atoms with E-state index in [-0.39, 0.29) is 23.4 Å². The van der Waals surface area contributed by atoms with Gasteiger partial charge in [0.15, 0.2) is 0 Å². The van der Waals surface area contributed by atoms with Gasteiger partial charge in [-0.25, -0.2) is 4.98 Å². The molecule has 2 heterocycles. The second kappa shape index (κ2) is 8.00. The number of para-hydroxylation sites is 2. The first-order valence-corrected chi connectivity index (χ1v) is 11.4. The van der Waals surface area contributed by atoms with Gasteiger partial charge >= 0.3 is 0 Å². The van der Waals surface area contributed by atoms with Gasteiger partial charge < -0.3 is 4.90 Å². The molecule has 1 atom stereocenters. The molecular formula is C28H27N3O2. The van der Waals surface area contributed by atoms with E-state index in [1.165, 1.54) is 0 Å². The Morgan fingerprint density at radius 2 is 1.64 bits per heavy atom. The summed E-state index contributed by atoms with van der Waals surface area (Å²) in [5, 5.41) is 0.572. The van der Waals surface area contributed by atoms with Crippen LogP contribution in [0.25, 0.3) is 16.6 Å². The fourth-order valence-corrected chi connectivity index (χ4v) is 4.88. The lowest BCUT2D eigenvalue weighted by Gasteiger charge is -2.22. The number of aromatic nitrogens is 2. The van der Waals surface area contributed by atoms with Gasteiger partial charge in [0, 0.05) is 18.2 Å². The number of carbonyl (C=O) groups is 1. The SMILES string of the molecule is Cc1ccc2c(c1)[C@@H](Cc1nc3ccccc3c(=O)n1-c1ccccc1C)C(=O)N2C(C)C. The molecule has 0 radical (unpaired) electrons. The summed E-state index contributed by atoms with van der Waals surface area (Å²) >= 11 is 0. The summed E-state index contributed by atoms with van der Waals surface area (Å²) in [6, 6.07) is 21.4. The van der Waals surface area contributed by atoms with Crippen molar-refractivity contribution in [2.45, 2.75) is 46.1 Å². The topological polar surface area (TPSA) is 55.2 Å². The Morgan fingerprint density at radius 3 is 2.39 bits per heavy atom. The van der Waals surface area contributed by atoms with E-state index in [0.29, 0.717) is 23.1 Å². The Balaban J connectivity index is 1.73. The van der Waals surface area contributed by atoms with E-state index < -0.39 is 0 Å². The maximum Gasteiger partial charge on any atom is 0.265 e. The van der Waals surface area contributed by atoms with Crippen molar-refractivity contribution in [2.75, 3.05) is 4.90 Å². The smallest absolute Gasteiger partial charge is 0.265 e. The lowest BCUT2D eigenvalue weighted by atomic mass is 9.95. The number of fused-ring (bicyclic) bond motifs is 2. The standard InChI is InChI=1S/C28H27N3O2/c1-17(2)30-25-14-13-18(3)15-21(25)22(28(30)33)16-26-29-23-11-7-6-10-20(23)27(32)31(26)24-12-8-5-9-19(24)4/h5-15,17,22H,16H2,1-4H3/t22-/m1/s1. The summed E-state index contributed by atoms with van der Waals surface area (Å²) in [5.41, 5.74) is 5.39. The van der Waals surface area contributed by atoms with Crippen molar-refractivity contribution in [1.29, 1.82) is 0 Å². The molecule has 0 spiro atoms. The van der Waals surface area contributed by atoms with Crippen LogP contribution in [0.15, 0.2) is 71.5 Å². The van der Waals surface area contributed by atoms with Crippen molar-refractivity contribution < 1.29 is 4.79 Å². The van der Waals surface area contributed by atoms with Crippen LogP contribution in [0.3, 0.4) is 0 Å². The van der Waals surface area contributed by atoms with Gasteiger partial charge in [0.25, 0.3) is 5.56 Å². The maximum atomic E-state index is 13.7. The largest absolute Gasteiger partial charge is 0.309 e. The molecule has 1 amide bonds. The molecule has 0 fully saturated rings. The van der Waals surface area contributed by atoms with E-state index in [0.717, 1.165) is 28.1 Å². The monoisotopic (exact) mass is 437 g/mol. The van der Waals surface area contributed by atoms with Crippen LogP contribution >= 0.6 is 0 Å². The average molecular weight is 438 g/mol. The second-order valence-corrected chi connectivity index (χ2v) is 9.09. The van der Waals surface area contributed by atoms with E-state index in [1.54, 1.807) is 4.57 Å². The van der Waals surface area contributed by atoms with E-state index in [4.69, 9.17) is 4.98 Å². The minimum absolute atomic E-state index is 0.0482. The van der Waals surface area contributed by atoms with E-state index in [9.17, 15) is 9.59 Å². The van der Waals surface area contributed by atoms with Gasteiger partial charge in [0.05, 0.1) is 22.5 Å². The molecule has 5 rings (SSSR count). The molecule has 0 bridgehead atoms. The van der Waals surface area contributed by atoms with Crippen LogP contribution in [0.5, 0.6) is 0 Å². The van der Waals surface area contributed by atoms with E-state index >= 15 is 0 Å². The zero-order valence-electron chi connectivity index (χ0n) is 19.4. The van der Waals surface area contributed by atoms with Crippen LogP contribution in [0, 0.1) is 13.8 Å². The van der Waals surface area contributed by atoms with Crippen molar-refractivity contribution in [3.05, 3.63) is 99.6 Å². The van der Waals surface area contributed by atoms with Gasteiger partial charge in [-0.1, -0.05) is 48.0 Å². The zero-order valence-corrected chi connectivity index (χ0v) is 19.4. The number of benzene rings is 3. The second-order valence-electron chi connectivity index (χ2n) is 9.09. The lowest BCUT2D eigenvalue weighted by molar-refractivity contribution is -0.119. The quantitative estimate of drug-likeness (QED) is 0.447. The Labute approximate surface area is 193 Å². The van der Waals surface area contributed by atoms with Gasteiger partial charge in [-0.15, -0.1) is 0 Å². The number of hydrogen-bond donors (Lipinski definition) is 0. The molecule has 0 saturated carbocycles. The van der Waals surface area contributed by atoms with Crippen LogP contribution in [0.1, 0.15) is 42.3 Å². The van der Waals surface area contributed by atoms with Crippen molar-refractivity contribution >= 4 is 22.5 Å². The van der Waals surface area contributed by atoms with Crippen LogP contribution in [0.4, 0.5) is 5.69 Å². The van der Waals surface area contributed by atoms with E-state index in [1.807, 2.05) is 93.3 Å². The first kappa shape index (κ1) is 21.1. The van der Waals surface area contributed by atoms with Crippen molar-refractivity contribution in [1.82, 2.24) is 9.55 Å².